The van der Waals surface area contributed by atoms with Gasteiger partial charge in [0.15, 0.2) is 8.32 Å². The van der Waals surface area contributed by atoms with Gasteiger partial charge in [0.1, 0.15) is 6.29 Å². The van der Waals surface area contributed by atoms with Crippen LogP contribution in [0.15, 0.2) is 0 Å². The van der Waals surface area contributed by atoms with Gasteiger partial charge in [-0.2, -0.15) is 0 Å². The van der Waals surface area contributed by atoms with Gasteiger partial charge in [-0.1, -0.05) is 20.8 Å². The highest BCUT2D eigenvalue weighted by Crippen LogP contribution is 2.40. The van der Waals surface area contributed by atoms with E-state index >= 15 is 0 Å². The predicted octanol–water partition coefficient (Wildman–Crippen LogP) is 3.27. The highest BCUT2D eigenvalue weighted by atomic mass is 28.4. The minimum atomic E-state index is -1.83. The summed E-state index contributed by atoms with van der Waals surface area (Å²) in [7, 11) is -0.108. The summed E-state index contributed by atoms with van der Waals surface area (Å²) < 4.78 is 12.0. The van der Waals surface area contributed by atoms with Crippen molar-refractivity contribution in [3.8, 4) is 0 Å². The molecule has 1 unspecified atom stereocenters. The molecule has 2 N–H and O–H groups in total. The third-order valence-electron chi connectivity index (χ3n) is 5.01. The van der Waals surface area contributed by atoms with Crippen molar-refractivity contribution in [2.75, 3.05) is 7.11 Å². The van der Waals surface area contributed by atoms with Gasteiger partial charge in [-0.05, 0) is 43.8 Å². The Bertz CT molecular complexity index is 331. The van der Waals surface area contributed by atoms with Gasteiger partial charge in [-0.25, -0.2) is 0 Å². The van der Waals surface area contributed by atoms with Crippen LogP contribution in [-0.2, 0) is 14.0 Å². The standard InChI is InChI=1S/C15H31NO3Si/c1-15(2,3)20(5,6)19-14(18-4)12-9-7-11(8-10-12)13(16)17/h11-12,14H,7-10H2,1-6H3,(H2,16,17). The van der Waals surface area contributed by atoms with E-state index in [1.807, 2.05) is 0 Å². The number of nitrogens with two attached hydrogens (primary N) is 1. The average molecular weight is 302 g/mol. The second-order valence-electron chi connectivity index (χ2n) is 7.50. The molecule has 5 heteroatoms. The molecule has 118 valence electrons. The molecule has 1 saturated carbocycles. The molecule has 0 saturated heterocycles. The van der Waals surface area contributed by atoms with Crippen LogP contribution in [0.1, 0.15) is 46.5 Å². The van der Waals surface area contributed by atoms with E-state index < -0.39 is 8.32 Å². The monoisotopic (exact) mass is 301 g/mol. The quantitative estimate of drug-likeness (QED) is 0.626. The van der Waals surface area contributed by atoms with Crippen LogP contribution in [0.4, 0.5) is 0 Å². The second-order valence-corrected chi connectivity index (χ2v) is 12.3. The molecule has 0 aromatic carbocycles. The zero-order valence-electron chi connectivity index (χ0n) is 13.9. The first-order valence-electron chi connectivity index (χ1n) is 7.58. The van der Waals surface area contributed by atoms with Gasteiger partial charge in [0, 0.05) is 18.9 Å². The zero-order chi connectivity index (χ0) is 15.6. The van der Waals surface area contributed by atoms with Crippen LogP contribution in [-0.4, -0.2) is 27.6 Å². The summed E-state index contributed by atoms with van der Waals surface area (Å²) in [4.78, 5) is 11.2. The molecule has 0 aliphatic heterocycles. The Morgan fingerprint density at radius 1 is 1.20 bits per heavy atom. The number of primary amides is 1. The maximum atomic E-state index is 11.2. The number of amides is 1. The molecule has 1 aliphatic rings. The van der Waals surface area contributed by atoms with Gasteiger partial charge in [0.05, 0.1) is 0 Å². The maximum Gasteiger partial charge on any atom is 0.220 e. The van der Waals surface area contributed by atoms with Crippen molar-refractivity contribution in [3.63, 3.8) is 0 Å². The van der Waals surface area contributed by atoms with Crippen LogP contribution in [0.25, 0.3) is 0 Å². The van der Waals surface area contributed by atoms with Crippen LogP contribution in [0.2, 0.25) is 18.1 Å². The lowest BCUT2D eigenvalue weighted by atomic mass is 9.81. The largest absolute Gasteiger partial charge is 0.392 e. The van der Waals surface area contributed by atoms with Crippen molar-refractivity contribution in [2.45, 2.75) is 70.9 Å². The van der Waals surface area contributed by atoms with E-state index in [4.69, 9.17) is 14.9 Å². The minimum absolute atomic E-state index is 0.0385. The lowest BCUT2D eigenvalue weighted by Crippen LogP contribution is -2.47. The third kappa shape index (κ3) is 4.30. The fraction of sp³-hybridized carbons (Fsp3) is 0.933. The Morgan fingerprint density at radius 3 is 2.05 bits per heavy atom. The van der Waals surface area contributed by atoms with Gasteiger partial charge in [0.2, 0.25) is 5.91 Å². The first-order valence-corrected chi connectivity index (χ1v) is 10.5. The number of ether oxygens (including phenoxy) is 1. The topological polar surface area (TPSA) is 61.6 Å². The van der Waals surface area contributed by atoms with Crippen molar-refractivity contribution >= 4 is 14.2 Å². The molecule has 20 heavy (non-hydrogen) atoms. The fourth-order valence-corrected chi connectivity index (χ4v) is 3.70. The van der Waals surface area contributed by atoms with Gasteiger partial charge in [-0.15, -0.1) is 0 Å². The maximum absolute atomic E-state index is 11.2. The van der Waals surface area contributed by atoms with Crippen molar-refractivity contribution < 1.29 is 14.0 Å². The SMILES string of the molecule is COC(O[Si](C)(C)C(C)(C)C)C1CCC(C(N)=O)CC1. The van der Waals surface area contributed by atoms with Crippen molar-refractivity contribution in [2.24, 2.45) is 17.6 Å². The van der Waals surface area contributed by atoms with E-state index in [9.17, 15) is 4.79 Å². The molecule has 1 atom stereocenters. The van der Waals surface area contributed by atoms with Crippen molar-refractivity contribution in [1.29, 1.82) is 0 Å². The van der Waals surface area contributed by atoms with Crippen LogP contribution in [0.5, 0.6) is 0 Å². The van der Waals surface area contributed by atoms with E-state index in [1.165, 1.54) is 0 Å². The molecule has 1 amide bonds. The molecule has 0 bridgehead atoms. The number of hydrogen-bond donors (Lipinski definition) is 1. The third-order valence-corrected chi connectivity index (χ3v) is 9.44. The van der Waals surface area contributed by atoms with Crippen molar-refractivity contribution in [1.82, 2.24) is 0 Å². The van der Waals surface area contributed by atoms with E-state index in [1.54, 1.807) is 7.11 Å². The number of carbonyl (C=O) groups excluding carboxylic acids is 1. The molecule has 0 aromatic heterocycles. The number of methoxy groups -OCH3 is 1. The van der Waals surface area contributed by atoms with Gasteiger partial charge in [-0.3, -0.25) is 4.79 Å². The molecule has 1 fully saturated rings. The predicted molar refractivity (Wildman–Crippen MR) is 83.7 cm³/mol. The Labute approximate surface area is 124 Å². The summed E-state index contributed by atoms with van der Waals surface area (Å²) >= 11 is 0. The molecule has 0 radical (unpaired) electrons. The fourth-order valence-electron chi connectivity index (χ4n) is 2.48. The molecule has 1 aliphatic carbocycles. The van der Waals surface area contributed by atoms with E-state index in [0.29, 0.717) is 5.92 Å². The Hall–Kier alpha value is -0.393. The van der Waals surface area contributed by atoms with Crippen LogP contribution in [0.3, 0.4) is 0 Å². The first kappa shape index (κ1) is 17.7. The molecular weight excluding hydrogens is 270 g/mol. The lowest BCUT2D eigenvalue weighted by Gasteiger charge is -2.42. The summed E-state index contributed by atoms with van der Waals surface area (Å²) in [6.07, 6.45) is 3.49. The second kappa shape index (κ2) is 6.58. The summed E-state index contributed by atoms with van der Waals surface area (Å²) in [5.41, 5.74) is 5.39. The first-order chi connectivity index (χ1) is 9.08. The Balaban J connectivity index is 2.63. The molecule has 0 heterocycles. The normalized spacial score (nSPS) is 26.3. The average Bonchev–Trinajstić information content (AvgIpc) is 2.34. The summed E-state index contributed by atoms with van der Waals surface area (Å²) in [5.74, 6) is 0.254. The van der Waals surface area contributed by atoms with Crippen LogP contribution in [0, 0.1) is 11.8 Å². The molecule has 1 rings (SSSR count). The molecule has 0 aromatic rings. The highest BCUT2D eigenvalue weighted by Gasteiger charge is 2.41. The highest BCUT2D eigenvalue weighted by molar-refractivity contribution is 6.74. The summed E-state index contributed by atoms with van der Waals surface area (Å²) in [6.45, 7) is 11.2. The van der Waals surface area contributed by atoms with E-state index in [-0.39, 0.29) is 23.2 Å². The molecule has 0 spiro atoms. The summed E-state index contributed by atoms with van der Waals surface area (Å²) in [5, 5.41) is 0.175. The van der Waals surface area contributed by atoms with Gasteiger partial charge >= 0.3 is 0 Å². The number of rotatable bonds is 5. The smallest absolute Gasteiger partial charge is 0.220 e. The molecular formula is C15H31NO3Si. The van der Waals surface area contributed by atoms with Crippen LogP contribution < -0.4 is 5.73 Å². The van der Waals surface area contributed by atoms with Crippen LogP contribution >= 0.6 is 0 Å². The van der Waals surface area contributed by atoms with Gasteiger partial charge < -0.3 is 14.9 Å². The Morgan fingerprint density at radius 2 is 1.70 bits per heavy atom. The lowest BCUT2D eigenvalue weighted by molar-refractivity contribution is -0.128. The van der Waals surface area contributed by atoms with Crippen molar-refractivity contribution in [3.05, 3.63) is 0 Å². The molecule has 4 nitrogen and oxygen atoms in total. The van der Waals surface area contributed by atoms with E-state index in [0.717, 1.165) is 25.7 Å². The zero-order valence-corrected chi connectivity index (χ0v) is 14.9. The number of carbonyl (C=O) groups is 1. The van der Waals surface area contributed by atoms with Gasteiger partial charge in [0.25, 0.3) is 0 Å². The summed E-state index contributed by atoms with van der Waals surface area (Å²) in [6, 6.07) is 0. The van der Waals surface area contributed by atoms with E-state index in [2.05, 4.69) is 33.9 Å². The number of hydrogen-bond acceptors (Lipinski definition) is 3. The Kier molecular flexibility index (Phi) is 5.81. The minimum Gasteiger partial charge on any atom is -0.392 e.